The maximum Gasteiger partial charge on any atom is 0.319 e. The first kappa shape index (κ1) is 16.8. The number of nitrogens with one attached hydrogen (secondary N) is 2. The lowest BCUT2D eigenvalue weighted by Crippen LogP contribution is -2.29. The van der Waals surface area contributed by atoms with Crippen LogP contribution in [0.25, 0.3) is 11.3 Å². The first-order chi connectivity index (χ1) is 13.1. The Bertz CT molecular complexity index is 1100. The number of benzene rings is 1. The molecule has 0 bridgehead atoms. The number of rotatable bonds is 4. The Morgan fingerprint density at radius 1 is 1.04 bits per heavy atom. The van der Waals surface area contributed by atoms with Crippen LogP contribution in [0.5, 0.6) is 0 Å². The molecule has 2 N–H and O–H groups in total. The van der Waals surface area contributed by atoms with Crippen LogP contribution in [0.3, 0.4) is 0 Å². The lowest BCUT2D eigenvalue weighted by atomic mass is 10.3. The molecule has 0 unspecified atom stereocenters. The van der Waals surface area contributed by atoms with E-state index >= 15 is 0 Å². The number of para-hydroxylation sites is 1. The van der Waals surface area contributed by atoms with E-state index in [1.54, 1.807) is 0 Å². The van der Waals surface area contributed by atoms with Gasteiger partial charge in [-0.05, 0) is 38.1 Å². The fraction of sp³-hybridized carbons (Fsp3) is 0.158. The normalized spacial score (nSPS) is 10.9. The van der Waals surface area contributed by atoms with Crippen LogP contribution in [0, 0.1) is 13.8 Å². The van der Waals surface area contributed by atoms with Crippen molar-refractivity contribution in [3.05, 3.63) is 71.9 Å². The number of urea groups is 1. The van der Waals surface area contributed by atoms with E-state index in [9.17, 15) is 4.79 Å². The Morgan fingerprint density at radius 2 is 1.81 bits per heavy atom. The molecular formula is C19H19N7O. The number of aromatic nitrogens is 5. The van der Waals surface area contributed by atoms with Crippen LogP contribution < -0.4 is 10.6 Å². The molecule has 4 rings (SSSR count). The molecule has 27 heavy (non-hydrogen) atoms. The molecule has 2 amide bonds. The Balaban J connectivity index is 1.48. The lowest BCUT2D eigenvalue weighted by Gasteiger charge is -2.08. The maximum atomic E-state index is 12.4. The molecule has 8 heteroatoms. The summed E-state index contributed by atoms with van der Waals surface area (Å²) in [6.07, 6.45) is 1.86. The molecule has 0 saturated heterocycles. The van der Waals surface area contributed by atoms with Crippen molar-refractivity contribution in [3.8, 4) is 5.69 Å². The highest BCUT2D eigenvalue weighted by Crippen LogP contribution is 2.22. The minimum atomic E-state index is -0.318. The second-order valence-electron chi connectivity index (χ2n) is 6.15. The van der Waals surface area contributed by atoms with E-state index in [1.165, 1.54) is 0 Å². The lowest BCUT2D eigenvalue weighted by molar-refractivity contribution is 0.251. The molecule has 4 aromatic rings. The Hall–Kier alpha value is -3.68. The van der Waals surface area contributed by atoms with Crippen LogP contribution in [0.4, 0.5) is 10.5 Å². The zero-order valence-corrected chi connectivity index (χ0v) is 15.0. The fourth-order valence-corrected chi connectivity index (χ4v) is 2.97. The van der Waals surface area contributed by atoms with E-state index in [1.807, 2.05) is 77.7 Å². The monoisotopic (exact) mass is 361 g/mol. The van der Waals surface area contributed by atoms with Crippen LogP contribution >= 0.6 is 0 Å². The zero-order valence-electron chi connectivity index (χ0n) is 15.0. The molecule has 0 atom stereocenters. The van der Waals surface area contributed by atoms with Crippen LogP contribution in [0.15, 0.2) is 54.7 Å². The van der Waals surface area contributed by atoms with Crippen molar-refractivity contribution in [1.29, 1.82) is 0 Å². The predicted octanol–water partition coefficient (Wildman–Crippen LogP) is 2.85. The second-order valence-corrected chi connectivity index (χ2v) is 6.15. The number of nitrogens with zero attached hydrogens (tertiary/aromatic N) is 5. The summed E-state index contributed by atoms with van der Waals surface area (Å²) in [5, 5.41) is 18.4. The van der Waals surface area contributed by atoms with Crippen molar-refractivity contribution in [2.75, 3.05) is 5.32 Å². The number of carbonyl (C=O) groups excluding carboxylic acids is 1. The minimum Gasteiger partial charge on any atom is -0.331 e. The van der Waals surface area contributed by atoms with Crippen molar-refractivity contribution in [2.24, 2.45) is 0 Å². The van der Waals surface area contributed by atoms with Crippen LogP contribution in [0.1, 0.15) is 17.2 Å². The van der Waals surface area contributed by atoms with Gasteiger partial charge in [-0.2, -0.15) is 5.10 Å². The number of hydrogen-bond donors (Lipinski definition) is 2. The summed E-state index contributed by atoms with van der Waals surface area (Å²) in [4.78, 5) is 12.4. The van der Waals surface area contributed by atoms with Crippen LogP contribution in [-0.2, 0) is 6.54 Å². The van der Waals surface area contributed by atoms with Gasteiger partial charge in [0.15, 0.2) is 11.5 Å². The number of pyridine rings is 1. The quantitative estimate of drug-likeness (QED) is 0.585. The van der Waals surface area contributed by atoms with Gasteiger partial charge in [-0.3, -0.25) is 4.40 Å². The molecule has 1 aromatic carbocycles. The molecule has 0 aliphatic heterocycles. The largest absolute Gasteiger partial charge is 0.331 e. The number of amides is 2. The molecule has 0 aliphatic carbocycles. The molecule has 0 fully saturated rings. The van der Waals surface area contributed by atoms with Crippen LogP contribution in [0.2, 0.25) is 0 Å². The van der Waals surface area contributed by atoms with E-state index in [4.69, 9.17) is 0 Å². The first-order valence-electron chi connectivity index (χ1n) is 8.58. The third kappa shape index (κ3) is 3.24. The molecule has 136 valence electrons. The van der Waals surface area contributed by atoms with Gasteiger partial charge in [-0.25, -0.2) is 9.48 Å². The van der Waals surface area contributed by atoms with Gasteiger partial charge in [0.2, 0.25) is 0 Å². The maximum absolute atomic E-state index is 12.4. The van der Waals surface area contributed by atoms with Gasteiger partial charge >= 0.3 is 6.03 Å². The average Bonchev–Trinajstić information content (AvgIpc) is 3.23. The van der Waals surface area contributed by atoms with E-state index in [-0.39, 0.29) is 12.6 Å². The minimum absolute atomic E-state index is 0.266. The van der Waals surface area contributed by atoms with Gasteiger partial charge in [-0.15, -0.1) is 10.2 Å². The number of hydrogen-bond acceptors (Lipinski definition) is 4. The summed E-state index contributed by atoms with van der Waals surface area (Å²) in [6.45, 7) is 4.06. The molecule has 8 nitrogen and oxygen atoms in total. The van der Waals surface area contributed by atoms with E-state index in [0.717, 1.165) is 22.7 Å². The number of carbonyl (C=O) groups is 1. The van der Waals surface area contributed by atoms with E-state index < -0.39 is 0 Å². The summed E-state index contributed by atoms with van der Waals surface area (Å²) in [6, 6.07) is 15.1. The van der Waals surface area contributed by atoms with Gasteiger partial charge in [0.05, 0.1) is 29.3 Å². The number of aryl methyl sites for hydroxylation is 1. The summed E-state index contributed by atoms with van der Waals surface area (Å²) in [5.41, 5.74) is 4.00. The number of fused-ring (bicyclic) bond motifs is 1. The topological polar surface area (TPSA) is 89.1 Å². The molecule has 0 aliphatic rings. The highest BCUT2D eigenvalue weighted by molar-refractivity contribution is 5.90. The second kappa shape index (κ2) is 6.91. The van der Waals surface area contributed by atoms with Crippen molar-refractivity contribution in [3.63, 3.8) is 0 Å². The van der Waals surface area contributed by atoms with Gasteiger partial charge in [0.25, 0.3) is 0 Å². The molecular weight excluding hydrogens is 342 g/mol. The standard InChI is InChI=1S/C19H19N7O/c1-13-18(14(2)26(24-13)15-8-4-3-5-9-15)21-19(27)20-12-17-23-22-16-10-6-7-11-25(16)17/h3-11H,12H2,1-2H3,(H2,20,21,27). The molecule has 0 saturated carbocycles. The summed E-state index contributed by atoms with van der Waals surface area (Å²) in [7, 11) is 0. The highest BCUT2D eigenvalue weighted by Gasteiger charge is 2.15. The molecule has 0 radical (unpaired) electrons. The first-order valence-corrected chi connectivity index (χ1v) is 8.58. The van der Waals surface area contributed by atoms with Gasteiger partial charge in [0.1, 0.15) is 0 Å². The highest BCUT2D eigenvalue weighted by atomic mass is 16.2. The Kier molecular flexibility index (Phi) is 4.29. The molecule has 0 spiro atoms. The third-order valence-corrected chi connectivity index (χ3v) is 4.32. The summed E-state index contributed by atoms with van der Waals surface area (Å²) >= 11 is 0. The van der Waals surface area contributed by atoms with Crippen molar-refractivity contribution in [2.45, 2.75) is 20.4 Å². The van der Waals surface area contributed by atoms with Crippen molar-refractivity contribution < 1.29 is 4.79 Å². The Labute approximate surface area is 155 Å². The average molecular weight is 361 g/mol. The molecule has 3 aromatic heterocycles. The Morgan fingerprint density at radius 3 is 2.63 bits per heavy atom. The van der Waals surface area contributed by atoms with Crippen LogP contribution in [-0.4, -0.2) is 30.4 Å². The fourth-order valence-electron chi connectivity index (χ4n) is 2.97. The molecule has 3 heterocycles. The van der Waals surface area contributed by atoms with E-state index in [2.05, 4.69) is 25.9 Å². The zero-order chi connectivity index (χ0) is 18.8. The van der Waals surface area contributed by atoms with E-state index in [0.29, 0.717) is 11.5 Å². The number of anilines is 1. The third-order valence-electron chi connectivity index (χ3n) is 4.32. The summed E-state index contributed by atoms with van der Waals surface area (Å²) in [5.74, 6) is 0.661. The van der Waals surface area contributed by atoms with Gasteiger partial charge < -0.3 is 10.6 Å². The smallest absolute Gasteiger partial charge is 0.319 e. The van der Waals surface area contributed by atoms with Gasteiger partial charge in [-0.1, -0.05) is 24.3 Å². The summed E-state index contributed by atoms with van der Waals surface area (Å²) < 4.78 is 3.65. The van der Waals surface area contributed by atoms with Crippen molar-refractivity contribution in [1.82, 2.24) is 29.7 Å². The predicted molar refractivity (Wildman–Crippen MR) is 102 cm³/mol. The SMILES string of the molecule is Cc1nn(-c2ccccc2)c(C)c1NC(=O)NCc1nnc2ccccn12. The van der Waals surface area contributed by atoms with Gasteiger partial charge in [0, 0.05) is 6.20 Å². The van der Waals surface area contributed by atoms with Crippen molar-refractivity contribution >= 4 is 17.4 Å².